The van der Waals surface area contributed by atoms with E-state index in [1.807, 2.05) is 0 Å². The Bertz CT molecular complexity index is 390. The summed E-state index contributed by atoms with van der Waals surface area (Å²) in [6, 6.07) is 9.67. The predicted molar refractivity (Wildman–Crippen MR) is 80.6 cm³/mol. The quantitative estimate of drug-likeness (QED) is 0.756. The Morgan fingerprint density at radius 3 is 2.63 bits per heavy atom. The van der Waals surface area contributed by atoms with Crippen LogP contribution in [0.4, 0.5) is 5.69 Å². The second kappa shape index (κ2) is 6.92. The van der Waals surface area contributed by atoms with Crippen molar-refractivity contribution in [2.45, 2.75) is 45.2 Å². The zero-order valence-electron chi connectivity index (χ0n) is 12.1. The normalized spacial score (nSPS) is 16.4. The minimum absolute atomic E-state index is 0.225. The number of anilines is 1. The number of rotatable bonds is 8. The first kappa shape index (κ1) is 14.4. The van der Waals surface area contributed by atoms with Crippen LogP contribution >= 0.6 is 0 Å². The molecule has 3 nitrogen and oxygen atoms in total. The SMILES string of the molecule is CCNC(CC)c1ccccc1N(CCO)C1CC1. The highest BCUT2D eigenvalue weighted by atomic mass is 16.3. The smallest absolute Gasteiger partial charge is 0.0606 e. The minimum Gasteiger partial charge on any atom is -0.395 e. The molecular weight excluding hydrogens is 236 g/mol. The molecule has 1 unspecified atom stereocenters. The third-order valence-electron chi connectivity index (χ3n) is 3.81. The van der Waals surface area contributed by atoms with Gasteiger partial charge < -0.3 is 15.3 Å². The fraction of sp³-hybridized carbons (Fsp3) is 0.625. The van der Waals surface area contributed by atoms with Gasteiger partial charge >= 0.3 is 0 Å². The van der Waals surface area contributed by atoms with Crippen LogP contribution in [0.1, 0.15) is 44.7 Å². The van der Waals surface area contributed by atoms with Crippen LogP contribution in [0, 0.1) is 0 Å². The van der Waals surface area contributed by atoms with E-state index in [1.54, 1.807) is 0 Å². The van der Waals surface area contributed by atoms with E-state index in [0.717, 1.165) is 19.5 Å². The number of para-hydroxylation sites is 1. The van der Waals surface area contributed by atoms with Crippen LogP contribution in [-0.4, -0.2) is 30.8 Å². The second-order valence-electron chi connectivity index (χ2n) is 5.23. The van der Waals surface area contributed by atoms with Crippen molar-refractivity contribution in [3.05, 3.63) is 29.8 Å². The lowest BCUT2D eigenvalue weighted by atomic mass is 10.0. The van der Waals surface area contributed by atoms with E-state index in [1.165, 1.54) is 24.1 Å². The van der Waals surface area contributed by atoms with Gasteiger partial charge in [-0.1, -0.05) is 32.0 Å². The largest absolute Gasteiger partial charge is 0.395 e. The molecule has 1 atom stereocenters. The van der Waals surface area contributed by atoms with Gasteiger partial charge in [-0.15, -0.1) is 0 Å². The molecular formula is C16H26N2O. The second-order valence-corrected chi connectivity index (χ2v) is 5.23. The summed E-state index contributed by atoms with van der Waals surface area (Å²) in [5.74, 6) is 0. The summed E-state index contributed by atoms with van der Waals surface area (Å²) in [6.07, 6.45) is 3.60. The molecule has 0 aromatic heterocycles. The average Bonchev–Trinajstić information content (AvgIpc) is 3.27. The summed E-state index contributed by atoms with van der Waals surface area (Å²) < 4.78 is 0. The van der Waals surface area contributed by atoms with Gasteiger partial charge in [0.25, 0.3) is 0 Å². The van der Waals surface area contributed by atoms with Crippen molar-refractivity contribution in [2.24, 2.45) is 0 Å². The summed E-state index contributed by atoms with van der Waals surface area (Å²) in [5, 5.41) is 12.9. The minimum atomic E-state index is 0.225. The first-order valence-corrected chi connectivity index (χ1v) is 7.51. The van der Waals surface area contributed by atoms with E-state index < -0.39 is 0 Å². The number of hydrogen-bond donors (Lipinski definition) is 2. The van der Waals surface area contributed by atoms with Gasteiger partial charge in [0.1, 0.15) is 0 Å². The molecule has 1 aromatic carbocycles. The molecule has 0 saturated heterocycles. The maximum atomic E-state index is 9.31. The Morgan fingerprint density at radius 2 is 2.05 bits per heavy atom. The van der Waals surface area contributed by atoms with Crippen molar-refractivity contribution < 1.29 is 5.11 Å². The van der Waals surface area contributed by atoms with E-state index in [9.17, 15) is 5.11 Å². The summed E-state index contributed by atoms with van der Waals surface area (Å²) in [5.41, 5.74) is 2.67. The lowest BCUT2D eigenvalue weighted by molar-refractivity contribution is 0.301. The number of aliphatic hydroxyl groups excluding tert-OH is 1. The molecule has 1 aliphatic rings. The molecule has 1 fully saturated rings. The van der Waals surface area contributed by atoms with E-state index in [2.05, 4.69) is 48.3 Å². The van der Waals surface area contributed by atoms with E-state index >= 15 is 0 Å². The van der Waals surface area contributed by atoms with Crippen molar-refractivity contribution in [2.75, 3.05) is 24.6 Å². The molecule has 1 saturated carbocycles. The van der Waals surface area contributed by atoms with Crippen molar-refractivity contribution in [1.29, 1.82) is 0 Å². The van der Waals surface area contributed by atoms with Crippen LogP contribution in [-0.2, 0) is 0 Å². The van der Waals surface area contributed by atoms with Gasteiger partial charge in [0, 0.05) is 24.3 Å². The average molecular weight is 262 g/mol. The maximum absolute atomic E-state index is 9.31. The molecule has 106 valence electrons. The predicted octanol–water partition coefficient (Wildman–Crippen LogP) is 2.71. The lowest BCUT2D eigenvalue weighted by Gasteiger charge is -2.29. The van der Waals surface area contributed by atoms with Gasteiger partial charge in [0.15, 0.2) is 0 Å². The van der Waals surface area contributed by atoms with Crippen molar-refractivity contribution in [3.63, 3.8) is 0 Å². The van der Waals surface area contributed by atoms with E-state index in [0.29, 0.717) is 12.1 Å². The van der Waals surface area contributed by atoms with Crippen molar-refractivity contribution in [1.82, 2.24) is 5.32 Å². The van der Waals surface area contributed by atoms with E-state index in [-0.39, 0.29) is 6.61 Å². The lowest BCUT2D eigenvalue weighted by Crippen LogP contribution is -2.31. The fourth-order valence-corrected chi connectivity index (χ4v) is 2.76. The zero-order valence-corrected chi connectivity index (χ0v) is 12.1. The fourth-order valence-electron chi connectivity index (χ4n) is 2.76. The van der Waals surface area contributed by atoms with Gasteiger partial charge in [-0.3, -0.25) is 0 Å². The monoisotopic (exact) mass is 262 g/mol. The first-order valence-electron chi connectivity index (χ1n) is 7.51. The Balaban J connectivity index is 2.27. The van der Waals surface area contributed by atoms with Crippen LogP contribution in [0.2, 0.25) is 0 Å². The first-order chi connectivity index (χ1) is 9.31. The van der Waals surface area contributed by atoms with E-state index in [4.69, 9.17) is 0 Å². The van der Waals surface area contributed by atoms with Gasteiger partial charge in [0.2, 0.25) is 0 Å². The third kappa shape index (κ3) is 3.48. The zero-order chi connectivity index (χ0) is 13.7. The number of aliphatic hydroxyl groups is 1. The standard InChI is InChI=1S/C16H26N2O/c1-3-15(17-4-2)14-7-5-6-8-16(14)18(11-12-19)13-9-10-13/h5-8,13,15,17,19H,3-4,9-12H2,1-2H3. The third-order valence-corrected chi connectivity index (χ3v) is 3.81. The molecule has 19 heavy (non-hydrogen) atoms. The van der Waals surface area contributed by atoms with Crippen LogP contribution in [0.5, 0.6) is 0 Å². The van der Waals surface area contributed by atoms with Crippen LogP contribution in [0.3, 0.4) is 0 Å². The van der Waals surface area contributed by atoms with Gasteiger partial charge in [-0.05, 0) is 37.4 Å². The van der Waals surface area contributed by atoms with Gasteiger partial charge in [-0.2, -0.15) is 0 Å². The molecule has 0 radical (unpaired) electrons. The summed E-state index contributed by atoms with van der Waals surface area (Å²) in [6.45, 7) is 6.32. The molecule has 0 aliphatic heterocycles. The number of nitrogens with zero attached hydrogens (tertiary/aromatic N) is 1. The molecule has 3 heteroatoms. The van der Waals surface area contributed by atoms with Crippen molar-refractivity contribution >= 4 is 5.69 Å². The highest BCUT2D eigenvalue weighted by molar-refractivity contribution is 5.56. The molecule has 0 amide bonds. The Kier molecular flexibility index (Phi) is 5.23. The van der Waals surface area contributed by atoms with Crippen molar-refractivity contribution in [3.8, 4) is 0 Å². The molecule has 1 aromatic rings. The summed E-state index contributed by atoms with van der Waals surface area (Å²) in [4.78, 5) is 2.38. The highest BCUT2D eigenvalue weighted by Crippen LogP contribution is 2.36. The Labute approximate surface area is 116 Å². The number of hydrogen-bond acceptors (Lipinski definition) is 3. The maximum Gasteiger partial charge on any atom is 0.0606 e. The number of benzene rings is 1. The van der Waals surface area contributed by atoms with Crippen LogP contribution in [0.15, 0.2) is 24.3 Å². The topological polar surface area (TPSA) is 35.5 Å². The van der Waals surface area contributed by atoms with Gasteiger partial charge in [0.05, 0.1) is 6.61 Å². The summed E-state index contributed by atoms with van der Waals surface area (Å²) >= 11 is 0. The van der Waals surface area contributed by atoms with Crippen LogP contribution in [0.25, 0.3) is 0 Å². The molecule has 0 heterocycles. The Hall–Kier alpha value is -1.06. The summed E-state index contributed by atoms with van der Waals surface area (Å²) in [7, 11) is 0. The number of nitrogens with one attached hydrogen (secondary N) is 1. The molecule has 2 rings (SSSR count). The van der Waals surface area contributed by atoms with Gasteiger partial charge in [-0.25, -0.2) is 0 Å². The Morgan fingerprint density at radius 1 is 1.32 bits per heavy atom. The molecule has 0 spiro atoms. The highest BCUT2D eigenvalue weighted by Gasteiger charge is 2.30. The molecule has 0 bridgehead atoms. The van der Waals surface area contributed by atoms with Crippen LogP contribution < -0.4 is 10.2 Å². The molecule has 1 aliphatic carbocycles. The molecule has 2 N–H and O–H groups in total.